The maximum Gasteiger partial charge on any atom is 0.240 e. The summed E-state index contributed by atoms with van der Waals surface area (Å²) in [5, 5.41) is 2.91. The molecule has 0 spiro atoms. The predicted octanol–water partition coefficient (Wildman–Crippen LogP) is 3.22. The van der Waals surface area contributed by atoms with Crippen molar-refractivity contribution in [2.75, 3.05) is 11.4 Å². The van der Waals surface area contributed by atoms with E-state index in [4.69, 9.17) is 4.99 Å². The number of carbonyl (C=O) groups is 2. The fourth-order valence-corrected chi connectivity index (χ4v) is 3.64. The highest BCUT2D eigenvalue weighted by molar-refractivity contribution is 6.16. The molecule has 5 nitrogen and oxygen atoms in total. The number of hydrogen-bond acceptors (Lipinski definition) is 3. The molecule has 132 valence electrons. The van der Waals surface area contributed by atoms with E-state index >= 15 is 0 Å². The van der Waals surface area contributed by atoms with Crippen LogP contribution in [0.3, 0.4) is 0 Å². The van der Waals surface area contributed by atoms with Gasteiger partial charge in [0.15, 0.2) is 0 Å². The molecule has 1 N–H and O–H groups in total. The SMILES string of the molecule is O=C(CN1C(=O)[C@H]2CCCC2=Nc2ccccc21)NCc1ccccc1. The molecule has 1 saturated carbocycles. The van der Waals surface area contributed by atoms with Gasteiger partial charge in [0.05, 0.1) is 17.3 Å². The van der Waals surface area contributed by atoms with E-state index < -0.39 is 0 Å². The Hall–Kier alpha value is -2.95. The number of carbonyl (C=O) groups excluding carboxylic acids is 2. The molecule has 1 aliphatic heterocycles. The van der Waals surface area contributed by atoms with Gasteiger partial charge in [-0.15, -0.1) is 0 Å². The van der Waals surface area contributed by atoms with Gasteiger partial charge in [0.1, 0.15) is 6.54 Å². The number of aliphatic imine (C=N–C) groups is 1. The molecule has 0 unspecified atom stereocenters. The highest BCUT2D eigenvalue weighted by atomic mass is 16.2. The third-order valence-corrected chi connectivity index (χ3v) is 4.96. The Bertz CT molecular complexity index is 861. The predicted molar refractivity (Wildman–Crippen MR) is 102 cm³/mol. The Kier molecular flexibility index (Phi) is 4.52. The molecule has 1 atom stereocenters. The van der Waals surface area contributed by atoms with Gasteiger partial charge in [-0.2, -0.15) is 0 Å². The smallest absolute Gasteiger partial charge is 0.240 e. The monoisotopic (exact) mass is 347 g/mol. The zero-order valence-corrected chi connectivity index (χ0v) is 14.5. The number of rotatable bonds is 4. The van der Waals surface area contributed by atoms with Gasteiger partial charge in [0, 0.05) is 12.3 Å². The number of nitrogens with zero attached hydrogens (tertiary/aromatic N) is 2. The van der Waals surface area contributed by atoms with Gasteiger partial charge in [-0.1, -0.05) is 42.5 Å². The molecule has 1 aliphatic carbocycles. The first-order valence-electron chi connectivity index (χ1n) is 9.01. The summed E-state index contributed by atoms with van der Waals surface area (Å²) in [6, 6.07) is 17.3. The van der Waals surface area contributed by atoms with E-state index in [9.17, 15) is 9.59 Å². The van der Waals surface area contributed by atoms with Crippen LogP contribution in [-0.2, 0) is 16.1 Å². The first-order valence-corrected chi connectivity index (χ1v) is 9.01. The van der Waals surface area contributed by atoms with Crippen molar-refractivity contribution < 1.29 is 9.59 Å². The van der Waals surface area contributed by atoms with E-state index in [-0.39, 0.29) is 24.3 Å². The summed E-state index contributed by atoms with van der Waals surface area (Å²) in [4.78, 5) is 31.9. The second-order valence-corrected chi connectivity index (χ2v) is 6.72. The van der Waals surface area contributed by atoms with Crippen LogP contribution in [0.2, 0.25) is 0 Å². The second-order valence-electron chi connectivity index (χ2n) is 6.72. The van der Waals surface area contributed by atoms with Crippen LogP contribution in [-0.4, -0.2) is 24.1 Å². The molecule has 0 saturated heterocycles. The minimum atomic E-state index is -0.190. The van der Waals surface area contributed by atoms with Crippen LogP contribution in [0.15, 0.2) is 59.6 Å². The van der Waals surface area contributed by atoms with Gasteiger partial charge in [0.2, 0.25) is 11.8 Å². The fraction of sp³-hybridized carbons (Fsp3) is 0.286. The summed E-state index contributed by atoms with van der Waals surface area (Å²) in [5.74, 6) is -0.371. The normalized spacial score (nSPS) is 18.6. The van der Waals surface area contributed by atoms with Gasteiger partial charge in [-0.25, -0.2) is 0 Å². The molecule has 26 heavy (non-hydrogen) atoms. The first kappa shape index (κ1) is 16.5. The first-order chi connectivity index (χ1) is 12.7. The molecule has 2 aromatic rings. The van der Waals surface area contributed by atoms with Crippen LogP contribution >= 0.6 is 0 Å². The highest BCUT2D eigenvalue weighted by Gasteiger charge is 2.36. The zero-order valence-electron chi connectivity index (χ0n) is 14.5. The summed E-state index contributed by atoms with van der Waals surface area (Å²) in [6.45, 7) is 0.469. The van der Waals surface area contributed by atoms with E-state index in [1.54, 1.807) is 4.90 Å². The highest BCUT2D eigenvalue weighted by Crippen LogP contribution is 2.37. The summed E-state index contributed by atoms with van der Waals surface area (Å²) in [6.07, 6.45) is 2.65. The largest absolute Gasteiger partial charge is 0.350 e. The van der Waals surface area contributed by atoms with Crippen LogP contribution < -0.4 is 10.2 Å². The van der Waals surface area contributed by atoms with Crippen molar-refractivity contribution >= 4 is 28.9 Å². The maximum absolute atomic E-state index is 13.1. The summed E-state index contributed by atoms with van der Waals surface area (Å²) < 4.78 is 0. The van der Waals surface area contributed by atoms with Gasteiger partial charge in [-0.3, -0.25) is 14.6 Å². The average Bonchev–Trinajstić information content (AvgIpc) is 3.10. The molecule has 2 amide bonds. The lowest BCUT2D eigenvalue weighted by atomic mass is 10.1. The lowest BCUT2D eigenvalue weighted by molar-refractivity contribution is -0.124. The molecule has 0 radical (unpaired) electrons. The zero-order chi connectivity index (χ0) is 17.9. The third-order valence-electron chi connectivity index (χ3n) is 4.96. The standard InChI is InChI=1S/C21H21N3O2/c25-20(22-13-15-7-2-1-3-8-15)14-24-19-12-5-4-10-18(19)23-17-11-6-9-16(17)21(24)26/h1-5,7-8,10,12,16H,6,9,11,13-14H2,(H,22,25)/t16-/m0/s1. The van der Waals surface area contributed by atoms with Gasteiger partial charge < -0.3 is 10.2 Å². The number of anilines is 1. The molecular formula is C21H21N3O2. The molecule has 2 aromatic carbocycles. The molecule has 2 aliphatic rings. The van der Waals surface area contributed by atoms with Crippen LogP contribution in [0.5, 0.6) is 0 Å². The Morgan fingerprint density at radius 3 is 2.73 bits per heavy atom. The van der Waals surface area contributed by atoms with Crippen LogP contribution in [0.4, 0.5) is 11.4 Å². The number of para-hydroxylation sites is 2. The van der Waals surface area contributed by atoms with Crippen LogP contribution in [0.1, 0.15) is 24.8 Å². The number of benzene rings is 2. The maximum atomic E-state index is 13.1. The molecular weight excluding hydrogens is 326 g/mol. The molecule has 5 heteroatoms. The van der Waals surface area contributed by atoms with Crippen molar-refractivity contribution in [1.29, 1.82) is 0 Å². The lowest BCUT2D eigenvalue weighted by Gasteiger charge is -2.24. The Morgan fingerprint density at radius 1 is 1.12 bits per heavy atom. The van der Waals surface area contributed by atoms with Crippen LogP contribution in [0.25, 0.3) is 0 Å². The Morgan fingerprint density at radius 2 is 1.88 bits per heavy atom. The van der Waals surface area contributed by atoms with Crippen molar-refractivity contribution in [2.45, 2.75) is 25.8 Å². The Balaban J connectivity index is 1.53. The topological polar surface area (TPSA) is 61.8 Å². The second kappa shape index (κ2) is 7.12. The molecule has 4 rings (SSSR count). The van der Waals surface area contributed by atoms with Crippen LogP contribution in [0, 0.1) is 5.92 Å². The summed E-state index contributed by atoms with van der Waals surface area (Å²) in [7, 11) is 0. The minimum Gasteiger partial charge on any atom is -0.350 e. The van der Waals surface area contributed by atoms with E-state index in [0.717, 1.165) is 36.2 Å². The summed E-state index contributed by atoms with van der Waals surface area (Å²) >= 11 is 0. The summed E-state index contributed by atoms with van der Waals surface area (Å²) in [5.41, 5.74) is 3.48. The van der Waals surface area contributed by atoms with E-state index in [1.165, 1.54) is 0 Å². The minimum absolute atomic E-state index is 0.0129. The van der Waals surface area contributed by atoms with Crippen molar-refractivity contribution in [2.24, 2.45) is 10.9 Å². The molecule has 1 fully saturated rings. The number of fused-ring (bicyclic) bond motifs is 2. The third kappa shape index (κ3) is 3.25. The fourth-order valence-electron chi connectivity index (χ4n) is 3.64. The van der Waals surface area contributed by atoms with Gasteiger partial charge in [-0.05, 0) is 37.0 Å². The van der Waals surface area contributed by atoms with Crippen molar-refractivity contribution in [3.63, 3.8) is 0 Å². The number of hydrogen-bond donors (Lipinski definition) is 1. The van der Waals surface area contributed by atoms with Gasteiger partial charge >= 0.3 is 0 Å². The van der Waals surface area contributed by atoms with Crippen molar-refractivity contribution in [1.82, 2.24) is 5.32 Å². The van der Waals surface area contributed by atoms with E-state index in [1.807, 2.05) is 54.6 Å². The van der Waals surface area contributed by atoms with Gasteiger partial charge in [0.25, 0.3) is 0 Å². The van der Waals surface area contributed by atoms with Crippen molar-refractivity contribution in [3.8, 4) is 0 Å². The Labute approximate surface area is 152 Å². The lowest BCUT2D eigenvalue weighted by Crippen LogP contribution is -2.43. The van der Waals surface area contributed by atoms with E-state index in [0.29, 0.717) is 12.2 Å². The molecule has 0 aromatic heterocycles. The number of amides is 2. The molecule has 1 heterocycles. The molecule has 0 bridgehead atoms. The number of nitrogens with one attached hydrogen (secondary N) is 1. The van der Waals surface area contributed by atoms with E-state index in [2.05, 4.69) is 5.32 Å². The van der Waals surface area contributed by atoms with Crippen molar-refractivity contribution in [3.05, 3.63) is 60.2 Å². The average molecular weight is 347 g/mol. The quantitative estimate of drug-likeness (QED) is 0.923.